The molecule has 5 heteroatoms. The Labute approximate surface area is 106 Å². The van der Waals surface area contributed by atoms with Crippen LogP contribution in [0.2, 0.25) is 0 Å². The van der Waals surface area contributed by atoms with Crippen molar-refractivity contribution in [3.8, 4) is 0 Å². The van der Waals surface area contributed by atoms with Crippen molar-refractivity contribution in [1.29, 1.82) is 0 Å². The Morgan fingerprint density at radius 1 is 1.44 bits per heavy atom. The van der Waals surface area contributed by atoms with Gasteiger partial charge in [0.15, 0.2) is 0 Å². The van der Waals surface area contributed by atoms with Crippen LogP contribution in [0.25, 0.3) is 0 Å². The second-order valence-electron chi connectivity index (χ2n) is 4.56. The third-order valence-electron chi connectivity index (χ3n) is 2.84. The first-order valence-electron chi connectivity index (χ1n) is 6.02. The number of carbonyl (C=O) groups is 2. The molecule has 0 saturated carbocycles. The summed E-state index contributed by atoms with van der Waals surface area (Å²) in [5.41, 5.74) is 7.59. The summed E-state index contributed by atoms with van der Waals surface area (Å²) in [6.45, 7) is 2.93. The maximum atomic E-state index is 11.7. The van der Waals surface area contributed by atoms with Crippen LogP contribution in [0, 0.1) is 0 Å². The van der Waals surface area contributed by atoms with Crippen molar-refractivity contribution in [1.82, 2.24) is 5.32 Å². The zero-order chi connectivity index (χ0) is 13.1. The second kappa shape index (κ2) is 5.18. The standard InChI is InChI=1S/C13H17N3O2/c1-9(14)7-10-3-2-4-11(8-10)16-6-5-15-12(17)13(16)18/h2-4,8-9H,5-7,14H2,1H3,(H,15,17). The van der Waals surface area contributed by atoms with Crippen molar-refractivity contribution in [2.75, 3.05) is 18.0 Å². The minimum Gasteiger partial charge on any atom is -0.346 e. The predicted molar refractivity (Wildman–Crippen MR) is 69.2 cm³/mol. The molecule has 1 saturated heterocycles. The summed E-state index contributed by atoms with van der Waals surface area (Å²) in [5.74, 6) is -1.04. The van der Waals surface area contributed by atoms with E-state index < -0.39 is 11.8 Å². The maximum absolute atomic E-state index is 11.7. The Balaban J connectivity index is 2.22. The monoisotopic (exact) mass is 247 g/mol. The van der Waals surface area contributed by atoms with E-state index in [1.807, 2.05) is 31.2 Å². The van der Waals surface area contributed by atoms with E-state index in [1.165, 1.54) is 4.90 Å². The maximum Gasteiger partial charge on any atom is 0.316 e. The molecule has 0 bridgehead atoms. The fourth-order valence-electron chi connectivity index (χ4n) is 2.05. The van der Waals surface area contributed by atoms with E-state index in [2.05, 4.69) is 5.32 Å². The highest BCUT2D eigenvalue weighted by molar-refractivity contribution is 6.41. The minimum atomic E-state index is -0.543. The Bertz CT molecular complexity index is 471. The predicted octanol–water partition coefficient (Wildman–Crippen LogP) is 0.0391. The fraction of sp³-hybridized carbons (Fsp3) is 0.385. The average Bonchev–Trinajstić information content (AvgIpc) is 2.32. The molecule has 1 aromatic carbocycles. The Morgan fingerprint density at radius 2 is 2.22 bits per heavy atom. The van der Waals surface area contributed by atoms with Gasteiger partial charge in [0.25, 0.3) is 0 Å². The van der Waals surface area contributed by atoms with Crippen molar-refractivity contribution in [2.45, 2.75) is 19.4 Å². The van der Waals surface area contributed by atoms with Crippen molar-refractivity contribution in [3.63, 3.8) is 0 Å². The van der Waals surface area contributed by atoms with Gasteiger partial charge in [-0.25, -0.2) is 0 Å². The number of piperazine rings is 1. The Morgan fingerprint density at radius 3 is 2.94 bits per heavy atom. The summed E-state index contributed by atoms with van der Waals surface area (Å²) in [5, 5.41) is 2.53. The summed E-state index contributed by atoms with van der Waals surface area (Å²) in [7, 11) is 0. The highest BCUT2D eigenvalue weighted by atomic mass is 16.2. The molecule has 5 nitrogen and oxygen atoms in total. The molecule has 96 valence electrons. The summed E-state index contributed by atoms with van der Waals surface area (Å²) in [6.07, 6.45) is 0.752. The van der Waals surface area contributed by atoms with Crippen LogP contribution in [-0.4, -0.2) is 30.9 Å². The number of benzene rings is 1. The summed E-state index contributed by atoms with van der Waals surface area (Å²) < 4.78 is 0. The van der Waals surface area contributed by atoms with E-state index >= 15 is 0 Å². The molecule has 1 fully saturated rings. The molecule has 1 aliphatic rings. The molecule has 0 radical (unpaired) electrons. The molecule has 1 aromatic rings. The van der Waals surface area contributed by atoms with Gasteiger partial charge >= 0.3 is 11.8 Å². The quantitative estimate of drug-likeness (QED) is 0.740. The lowest BCUT2D eigenvalue weighted by atomic mass is 10.1. The summed E-state index contributed by atoms with van der Waals surface area (Å²) >= 11 is 0. The molecule has 0 spiro atoms. The third-order valence-corrected chi connectivity index (χ3v) is 2.84. The van der Waals surface area contributed by atoms with Crippen molar-refractivity contribution in [3.05, 3.63) is 29.8 Å². The van der Waals surface area contributed by atoms with Gasteiger partial charge in [-0.05, 0) is 31.0 Å². The van der Waals surface area contributed by atoms with Crippen LogP contribution in [0.3, 0.4) is 0 Å². The van der Waals surface area contributed by atoms with E-state index in [-0.39, 0.29) is 6.04 Å². The summed E-state index contributed by atoms with van der Waals surface area (Å²) in [4.78, 5) is 24.6. The van der Waals surface area contributed by atoms with Crippen molar-refractivity contribution < 1.29 is 9.59 Å². The average molecular weight is 247 g/mol. The number of hydrogen-bond donors (Lipinski definition) is 2. The lowest BCUT2D eigenvalue weighted by molar-refractivity contribution is -0.138. The van der Waals surface area contributed by atoms with E-state index in [0.717, 1.165) is 17.7 Å². The van der Waals surface area contributed by atoms with Crippen LogP contribution in [0.15, 0.2) is 24.3 Å². The number of carbonyl (C=O) groups excluding carboxylic acids is 2. The minimum absolute atomic E-state index is 0.0700. The Kier molecular flexibility index (Phi) is 3.62. The molecule has 1 aliphatic heterocycles. The van der Waals surface area contributed by atoms with Gasteiger partial charge in [0.1, 0.15) is 0 Å². The summed E-state index contributed by atoms with van der Waals surface area (Å²) in [6, 6.07) is 7.68. The number of nitrogens with two attached hydrogens (primary N) is 1. The van der Waals surface area contributed by atoms with Crippen LogP contribution in [0.5, 0.6) is 0 Å². The van der Waals surface area contributed by atoms with Crippen LogP contribution in [-0.2, 0) is 16.0 Å². The number of hydrogen-bond acceptors (Lipinski definition) is 3. The molecule has 2 amide bonds. The van der Waals surface area contributed by atoms with E-state index in [0.29, 0.717) is 13.1 Å². The molecular formula is C13H17N3O2. The first-order valence-corrected chi connectivity index (χ1v) is 6.02. The topological polar surface area (TPSA) is 75.4 Å². The number of amides is 2. The van der Waals surface area contributed by atoms with Crippen molar-refractivity contribution in [2.24, 2.45) is 5.73 Å². The molecule has 18 heavy (non-hydrogen) atoms. The van der Waals surface area contributed by atoms with Gasteiger partial charge in [0, 0.05) is 24.8 Å². The van der Waals surface area contributed by atoms with Gasteiger partial charge in [0.2, 0.25) is 0 Å². The fourth-order valence-corrected chi connectivity index (χ4v) is 2.05. The number of nitrogens with one attached hydrogen (secondary N) is 1. The van der Waals surface area contributed by atoms with Gasteiger partial charge in [-0.3, -0.25) is 9.59 Å². The lowest BCUT2D eigenvalue weighted by Crippen LogP contribution is -2.52. The van der Waals surface area contributed by atoms with E-state index in [9.17, 15) is 9.59 Å². The van der Waals surface area contributed by atoms with Gasteiger partial charge in [0.05, 0.1) is 0 Å². The molecule has 2 rings (SSSR count). The Hall–Kier alpha value is -1.88. The zero-order valence-electron chi connectivity index (χ0n) is 10.3. The van der Waals surface area contributed by atoms with E-state index in [1.54, 1.807) is 0 Å². The van der Waals surface area contributed by atoms with Gasteiger partial charge in [-0.15, -0.1) is 0 Å². The highest BCUT2D eigenvalue weighted by Gasteiger charge is 2.27. The lowest BCUT2D eigenvalue weighted by Gasteiger charge is -2.26. The van der Waals surface area contributed by atoms with Gasteiger partial charge in [-0.1, -0.05) is 12.1 Å². The van der Waals surface area contributed by atoms with Crippen LogP contribution < -0.4 is 16.0 Å². The molecule has 0 aliphatic carbocycles. The third kappa shape index (κ3) is 2.68. The molecule has 0 aromatic heterocycles. The number of nitrogens with zero attached hydrogens (tertiary/aromatic N) is 1. The molecule has 3 N–H and O–H groups in total. The van der Waals surface area contributed by atoms with Gasteiger partial charge in [-0.2, -0.15) is 0 Å². The normalized spacial score (nSPS) is 17.6. The molecule has 1 heterocycles. The SMILES string of the molecule is CC(N)Cc1cccc(N2CCNC(=O)C2=O)c1. The number of rotatable bonds is 3. The molecule has 1 unspecified atom stereocenters. The zero-order valence-corrected chi connectivity index (χ0v) is 10.3. The highest BCUT2D eigenvalue weighted by Crippen LogP contribution is 2.18. The molecule has 1 atom stereocenters. The van der Waals surface area contributed by atoms with Crippen LogP contribution in [0.4, 0.5) is 5.69 Å². The van der Waals surface area contributed by atoms with Crippen LogP contribution >= 0.6 is 0 Å². The largest absolute Gasteiger partial charge is 0.346 e. The molecular weight excluding hydrogens is 230 g/mol. The van der Waals surface area contributed by atoms with Crippen LogP contribution in [0.1, 0.15) is 12.5 Å². The van der Waals surface area contributed by atoms with Gasteiger partial charge < -0.3 is 16.0 Å². The second-order valence-corrected chi connectivity index (χ2v) is 4.56. The smallest absolute Gasteiger partial charge is 0.316 e. The van der Waals surface area contributed by atoms with E-state index in [4.69, 9.17) is 5.73 Å². The first-order chi connectivity index (χ1) is 8.58. The first kappa shape index (κ1) is 12.6. The van der Waals surface area contributed by atoms with Crippen molar-refractivity contribution >= 4 is 17.5 Å². The number of anilines is 1.